The van der Waals surface area contributed by atoms with Crippen LogP contribution in [-0.2, 0) is 0 Å². The lowest BCUT2D eigenvalue weighted by atomic mass is 9.97. The lowest BCUT2D eigenvalue weighted by Gasteiger charge is -1.98. The van der Waals surface area contributed by atoms with Gasteiger partial charge in [0.25, 0.3) is 0 Å². The second-order valence-electron chi connectivity index (χ2n) is 2.69. The summed E-state index contributed by atoms with van der Waals surface area (Å²) in [5.41, 5.74) is 1.90. The van der Waals surface area contributed by atoms with E-state index in [1.165, 1.54) is 0 Å². The highest BCUT2D eigenvalue weighted by Crippen LogP contribution is 2.16. The van der Waals surface area contributed by atoms with Crippen LogP contribution in [0.3, 0.4) is 0 Å². The number of pyridine rings is 2. The van der Waals surface area contributed by atoms with Crippen LogP contribution in [0.2, 0.25) is 5.15 Å². The summed E-state index contributed by atoms with van der Waals surface area (Å²) in [6.07, 6.45) is 3.47. The molecule has 58 valence electrons. The molecule has 0 aliphatic carbocycles. The van der Waals surface area contributed by atoms with E-state index in [9.17, 15) is 0 Å². The number of hydrogen-bond donors (Lipinski definition) is 0. The highest BCUT2D eigenvalue weighted by molar-refractivity contribution is 6.35. The molecular formula is C8H6BClN2. The van der Waals surface area contributed by atoms with Crippen LogP contribution in [0.5, 0.6) is 0 Å². The van der Waals surface area contributed by atoms with Crippen LogP contribution in [0.25, 0.3) is 10.9 Å². The Labute approximate surface area is 76.0 Å². The first-order valence-corrected chi connectivity index (χ1v) is 4.02. The number of rotatable bonds is 0. The van der Waals surface area contributed by atoms with Crippen LogP contribution in [-0.4, -0.2) is 17.8 Å². The number of aromatic nitrogens is 2. The largest absolute Gasteiger partial charge is 0.254 e. The molecule has 0 unspecified atom stereocenters. The summed E-state index contributed by atoms with van der Waals surface area (Å²) in [5, 5.41) is 1.50. The Kier molecular flexibility index (Phi) is 1.73. The lowest BCUT2D eigenvalue weighted by Crippen LogP contribution is -2.02. The number of fused-ring (bicyclic) bond motifs is 1. The average Bonchev–Trinajstić information content (AvgIpc) is 2.04. The van der Waals surface area contributed by atoms with Gasteiger partial charge >= 0.3 is 0 Å². The molecule has 2 aromatic rings. The first-order valence-electron chi connectivity index (χ1n) is 3.64. The first kappa shape index (κ1) is 7.56. The summed E-state index contributed by atoms with van der Waals surface area (Å²) >= 11 is 5.84. The second kappa shape index (κ2) is 2.75. The van der Waals surface area contributed by atoms with Crippen molar-refractivity contribution in [2.75, 3.05) is 0 Å². The van der Waals surface area contributed by atoms with Crippen molar-refractivity contribution < 1.29 is 0 Å². The molecule has 4 heteroatoms. The van der Waals surface area contributed by atoms with Crippen LogP contribution >= 0.6 is 11.6 Å². The predicted octanol–water partition coefficient (Wildman–Crippen LogP) is 0.542. The fourth-order valence-corrected chi connectivity index (χ4v) is 1.35. The van der Waals surface area contributed by atoms with Crippen molar-refractivity contribution in [1.29, 1.82) is 0 Å². The zero-order valence-corrected chi connectivity index (χ0v) is 7.34. The molecule has 0 fully saturated rings. The van der Waals surface area contributed by atoms with Crippen molar-refractivity contribution in [2.45, 2.75) is 0 Å². The maximum absolute atomic E-state index is 5.84. The maximum Gasteiger partial charge on any atom is 0.155 e. The van der Waals surface area contributed by atoms with Gasteiger partial charge in [0.1, 0.15) is 13.4 Å². The Balaban J connectivity index is 2.86. The quantitative estimate of drug-likeness (QED) is 0.433. The summed E-state index contributed by atoms with van der Waals surface area (Å²) in [7, 11) is 2.00. The van der Waals surface area contributed by atoms with E-state index in [-0.39, 0.29) is 0 Å². The van der Waals surface area contributed by atoms with Crippen molar-refractivity contribution >= 4 is 35.8 Å². The maximum atomic E-state index is 5.84. The van der Waals surface area contributed by atoms with E-state index in [1.54, 1.807) is 12.4 Å². The van der Waals surface area contributed by atoms with E-state index in [4.69, 9.17) is 11.6 Å². The first-order chi connectivity index (χ1) is 5.77. The predicted molar refractivity (Wildman–Crippen MR) is 52.7 cm³/mol. The molecule has 2 rings (SSSR count). The molecule has 0 bridgehead atoms. The standard InChI is InChI=1S/C8H6BClN2/c9-6-3-5-1-2-11-8(10)7(5)12-4-6/h1-4H,9H2. The third-order valence-corrected chi connectivity index (χ3v) is 1.97. The van der Waals surface area contributed by atoms with Gasteiger partial charge in [-0.2, -0.15) is 0 Å². The monoisotopic (exact) mass is 176 g/mol. The topological polar surface area (TPSA) is 25.8 Å². The average molecular weight is 176 g/mol. The number of halogens is 1. The van der Waals surface area contributed by atoms with Gasteiger partial charge in [-0.15, -0.1) is 0 Å². The van der Waals surface area contributed by atoms with Gasteiger partial charge in [0.15, 0.2) is 5.15 Å². The highest BCUT2D eigenvalue weighted by atomic mass is 35.5. The molecule has 0 N–H and O–H groups in total. The number of hydrogen-bond acceptors (Lipinski definition) is 2. The van der Waals surface area contributed by atoms with Gasteiger partial charge in [-0.3, -0.25) is 4.98 Å². The molecule has 2 nitrogen and oxygen atoms in total. The zero-order chi connectivity index (χ0) is 8.55. The van der Waals surface area contributed by atoms with Crippen molar-refractivity contribution in [3.05, 3.63) is 29.7 Å². The SMILES string of the molecule is Bc1cnc2c(Cl)nccc2c1. The molecule has 12 heavy (non-hydrogen) atoms. The van der Waals surface area contributed by atoms with E-state index < -0.39 is 0 Å². The molecular weight excluding hydrogens is 170 g/mol. The Morgan fingerprint density at radius 2 is 2.17 bits per heavy atom. The van der Waals surface area contributed by atoms with Crippen molar-refractivity contribution in [3.63, 3.8) is 0 Å². The fraction of sp³-hybridized carbons (Fsp3) is 0. The minimum absolute atomic E-state index is 0.465. The van der Waals surface area contributed by atoms with E-state index >= 15 is 0 Å². The van der Waals surface area contributed by atoms with Crippen LogP contribution in [0.1, 0.15) is 0 Å². The fourth-order valence-electron chi connectivity index (χ4n) is 1.14. The summed E-state index contributed by atoms with van der Waals surface area (Å²) in [4.78, 5) is 8.13. The molecule has 2 aromatic heterocycles. The Morgan fingerprint density at radius 3 is 3.00 bits per heavy atom. The highest BCUT2D eigenvalue weighted by Gasteiger charge is 1.99. The molecule has 0 aliphatic heterocycles. The Morgan fingerprint density at radius 1 is 1.33 bits per heavy atom. The van der Waals surface area contributed by atoms with Gasteiger partial charge in [0.2, 0.25) is 0 Å². The number of nitrogens with zero attached hydrogens (tertiary/aromatic N) is 2. The Bertz CT molecular complexity index is 430. The molecule has 0 saturated heterocycles. The van der Waals surface area contributed by atoms with E-state index in [2.05, 4.69) is 9.97 Å². The van der Waals surface area contributed by atoms with Gasteiger partial charge in [-0.1, -0.05) is 23.1 Å². The van der Waals surface area contributed by atoms with E-state index in [1.807, 2.05) is 20.0 Å². The third kappa shape index (κ3) is 1.16. The van der Waals surface area contributed by atoms with Gasteiger partial charge in [-0.25, -0.2) is 4.98 Å². The molecule has 0 aromatic carbocycles. The third-order valence-electron chi connectivity index (χ3n) is 1.69. The van der Waals surface area contributed by atoms with Gasteiger partial charge in [0.05, 0.1) is 0 Å². The molecule has 0 atom stereocenters. The van der Waals surface area contributed by atoms with Crippen LogP contribution in [0.15, 0.2) is 24.5 Å². The van der Waals surface area contributed by atoms with Crippen LogP contribution in [0.4, 0.5) is 0 Å². The van der Waals surface area contributed by atoms with E-state index in [0.717, 1.165) is 16.4 Å². The van der Waals surface area contributed by atoms with E-state index in [0.29, 0.717) is 5.15 Å². The lowest BCUT2D eigenvalue weighted by molar-refractivity contribution is 1.32. The van der Waals surface area contributed by atoms with Gasteiger partial charge in [0, 0.05) is 17.8 Å². The second-order valence-corrected chi connectivity index (χ2v) is 3.04. The van der Waals surface area contributed by atoms with Crippen molar-refractivity contribution in [2.24, 2.45) is 0 Å². The summed E-state index contributed by atoms with van der Waals surface area (Å²) in [6.45, 7) is 0. The summed E-state index contributed by atoms with van der Waals surface area (Å²) < 4.78 is 0. The molecule has 0 amide bonds. The molecule has 0 radical (unpaired) electrons. The van der Waals surface area contributed by atoms with Gasteiger partial charge < -0.3 is 0 Å². The van der Waals surface area contributed by atoms with Crippen LogP contribution in [0, 0.1) is 0 Å². The van der Waals surface area contributed by atoms with Crippen molar-refractivity contribution in [1.82, 2.24) is 9.97 Å². The normalized spacial score (nSPS) is 10.4. The molecule has 0 spiro atoms. The smallest absolute Gasteiger partial charge is 0.155 e. The molecule has 0 aliphatic rings. The van der Waals surface area contributed by atoms with Crippen molar-refractivity contribution in [3.8, 4) is 0 Å². The van der Waals surface area contributed by atoms with Crippen LogP contribution < -0.4 is 5.46 Å². The molecule has 0 saturated carbocycles. The summed E-state index contributed by atoms with van der Waals surface area (Å²) in [5.74, 6) is 0. The van der Waals surface area contributed by atoms with Gasteiger partial charge in [-0.05, 0) is 6.07 Å². The summed E-state index contributed by atoms with van der Waals surface area (Å²) in [6, 6.07) is 3.94. The minimum Gasteiger partial charge on any atom is -0.254 e. The Hall–Kier alpha value is -1.09. The molecule has 2 heterocycles. The zero-order valence-electron chi connectivity index (χ0n) is 6.58. The minimum atomic E-state index is 0.465.